The number of carbonyl (C=O) groups excluding carboxylic acids is 1. The number of ether oxygens (including phenoxy) is 1. The van der Waals surface area contributed by atoms with Crippen molar-refractivity contribution in [2.75, 3.05) is 20.3 Å². The van der Waals surface area contributed by atoms with Gasteiger partial charge in [-0.3, -0.25) is 4.79 Å². The highest BCUT2D eigenvalue weighted by Gasteiger charge is 2.24. The molecule has 0 saturated carbocycles. The Morgan fingerprint density at radius 3 is 2.40 bits per heavy atom. The summed E-state index contributed by atoms with van der Waals surface area (Å²) >= 11 is 0. The summed E-state index contributed by atoms with van der Waals surface area (Å²) in [4.78, 5) is 12.3. The predicted molar refractivity (Wildman–Crippen MR) is 91.5 cm³/mol. The summed E-state index contributed by atoms with van der Waals surface area (Å²) in [5.74, 6) is -1.01. The fourth-order valence-electron chi connectivity index (χ4n) is 2.22. The van der Waals surface area contributed by atoms with Gasteiger partial charge in [0, 0.05) is 18.2 Å². The molecule has 0 aliphatic heterocycles. The number of benzene rings is 2. The van der Waals surface area contributed by atoms with Crippen molar-refractivity contribution < 1.29 is 28.2 Å². The smallest absolute Gasteiger partial charge is 0.244 e. The van der Waals surface area contributed by atoms with Gasteiger partial charge in [0.2, 0.25) is 10.0 Å². The van der Waals surface area contributed by atoms with Crippen molar-refractivity contribution in [3.05, 3.63) is 53.1 Å². The third kappa shape index (κ3) is 4.16. The normalized spacial score (nSPS) is 11.3. The maximum atomic E-state index is 12.6. The van der Waals surface area contributed by atoms with E-state index in [0.717, 1.165) is 17.7 Å². The molecular weight excluding hydrogens is 346 g/mol. The molecule has 0 unspecified atom stereocenters. The maximum Gasteiger partial charge on any atom is 0.244 e. The molecule has 0 spiro atoms. The molecule has 0 aliphatic rings. The van der Waals surface area contributed by atoms with Gasteiger partial charge in [-0.05, 0) is 13.0 Å². The van der Waals surface area contributed by atoms with Gasteiger partial charge in [-0.25, -0.2) is 13.1 Å². The second kappa shape index (κ2) is 7.64. The molecular formula is C17H19NO6S. The zero-order chi connectivity index (χ0) is 18.6. The summed E-state index contributed by atoms with van der Waals surface area (Å²) in [6, 6.07) is 8.83. The molecule has 0 aliphatic carbocycles. The van der Waals surface area contributed by atoms with Crippen molar-refractivity contribution >= 4 is 15.8 Å². The number of rotatable bonds is 7. The Balaban J connectivity index is 2.54. The number of ketones is 1. The highest BCUT2D eigenvalue weighted by atomic mass is 32.2. The summed E-state index contributed by atoms with van der Waals surface area (Å²) < 4.78 is 31.9. The van der Waals surface area contributed by atoms with Gasteiger partial charge in [0.1, 0.15) is 16.4 Å². The zero-order valence-electron chi connectivity index (χ0n) is 13.8. The van der Waals surface area contributed by atoms with Gasteiger partial charge < -0.3 is 14.9 Å². The highest BCUT2D eigenvalue weighted by molar-refractivity contribution is 7.89. The van der Waals surface area contributed by atoms with Crippen LogP contribution in [0.5, 0.6) is 11.5 Å². The third-order valence-electron chi connectivity index (χ3n) is 3.53. The fourth-order valence-corrected chi connectivity index (χ4v) is 3.41. The lowest BCUT2D eigenvalue weighted by Gasteiger charge is -2.13. The lowest BCUT2D eigenvalue weighted by atomic mass is 10.0. The van der Waals surface area contributed by atoms with Crippen molar-refractivity contribution in [3.8, 4) is 11.5 Å². The molecule has 3 N–H and O–H groups in total. The summed E-state index contributed by atoms with van der Waals surface area (Å²) in [5.41, 5.74) is 1.12. The Hall–Kier alpha value is -2.42. The molecule has 8 heteroatoms. The molecule has 0 atom stereocenters. The second-order valence-corrected chi connectivity index (χ2v) is 7.07. The van der Waals surface area contributed by atoms with E-state index in [-0.39, 0.29) is 35.1 Å². The van der Waals surface area contributed by atoms with Gasteiger partial charge in [0.05, 0.1) is 19.3 Å². The number of hydrogen-bond donors (Lipinski definition) is 3. The molecule has 0 radical (unpaired) electrons. The minimum absolute atomic E-state index is 0.108. The molecule has 134 valence electrons. The van der Waals surface area contributed by atoms with Gasteiger partial charge in [-0.15, -0.1) is 0 Å². The number of aliphatic hydroxyl groups is 1. The maximum absolute atomic E-state index is 12.6. The van der Waals surface area contributed by atoms with Crippen molar-refractivity contribution in [1.82, 2.24) is 4.72 Å². The van der Waals surface area contributed by atoms with E-state index in [1.54, 1.807) is 24.3 Å². The molecule has 0 bridgehead atoms. The molecule has 0 heterocycles. The third-order valence-corrected chi connectivity index (χ3v) is 5.02. The Bertz CT molecular complexity index is 875. The second-order valence-electron chi connectivity index (χ2n) is 5.34. The standard InChI is InChI=1S/C17H19NO6S/c1-11-3-5-12(6-4-11)17(21)13-9-16(15(24-2)10-14(13)20)25(22,23)18-7-8-19/h3-6,9-10,18-20H,7-8H2,1-2H3. The van der Waals surface area contributed by atoms with E-state index >= 15 is 0 Å². The summed E-state index contributed by atoms with van der Waals surface area (Å²) in [5, 5.41) is 18.9. The van der Waals surface area contributed by atoms with Crippen LogP contribution in [0.4, 0.5) is 0 Å². The molecule has 2 rings (SSSR count). The van der Waals surface area contributed by atoms with Gasteiger partial charge in [0.15, 0.2) is 5.78 Å². The number of carbonyl (C=O) groups is 1. The van der Waals surface area contributed by atoms with E-state index in [2.05, 4.69) is 4.72 Å². The molecule has 2 aromatic rings. The number of aromatic hydroxyl groups is 1. The van der Waals surface area contributed by atoms with Crippen molar-refractivity contribution in [3.63, 3.8) is 0 Å². The Morgan fingerprint density at radius 2 is 1.84 bits per heavy atom. The number of phenols is 1. The lowest BCUT2D eigenvalue weighted by Crippen LogP contribution is -2.27. The van der Waals surface area contributed by atoms with Crippen molar-refractivity contribution in [1.29, 1.82) is 0 Å². The van der Waals surface area contributed by atoms with Crippen LogP contribution in [0, 0.1) is 6.92 Å². The molecule has 0 aromatic heterocycles. The van der Waals surface area contributed by atoms with Crippen LogP contribution < -0.4 is 9.46 Å². The quantitative estimate of drug-likeness (QED) is 0.636. The summed E-state index contributed by atoms with van der Waals surface area (Å²) in [7, 11) is -2.77. The largest absolute Gasteiger partial charge is 0.507 e. The first-order valence-electron chi connectivity index (χ1n) is 7.43. The van der Waals surface area contributed by atoms with E-state index in [0.29, 0.717) is 5.56 Å². The number of aryl methyl sites for hydroxylation is 1. The van der Waals surface area contributed by atoms with Crippen LogP contribution in [0.3, 0.4) is 0 Å². The van der Waals surface area contributed by atoms with Crippen molar-refractivity contribution in [2.45, 2.75) is 11.8 Å². The first-order valence-corrected chi connectivity index (χ1v) is 8.91. The minimum Gasteiger partial charge on any atom is -0.507 e. The topological polar surface area (TPSA) is 113 Å². The minimum atomic E-state index is -4.03. The van der Waals surface area contributed by atoms with Gasteiger partial charge >= 0.3 is 0 Å². The van der Waals surface area contributed by atoms with Crippen LogP contribution in [0.15, 0.2) is 41.3 Å². The summed E-state index contributed by atoms with van der Waals surface area (Å²) in [6.07, 6.45) is 0. The SMILES string of the molecule is COc1cc(O)c(C(=O)c2ccc(C)cc2)cc1S(=O)(=O)NCCO. The van der Waals surface area contributed by atoms with E-state index in [9.17, 15) is 18.3 Å². The van der Waals surface area contributed by atoms with Crippen LogP contribution in [0.1, 0.15) is 21.5 Å². The fraction of sp³-hybridized carbons (Fsp3) is 0.235. The number of sulfonamides is 1. The van der Waals surface area contributed by atoms with Crippen molar-refractivity contribution in [2.24, 2.45) is 0 Å². The number of aliphatic hydroxyl groups excluding tert-OH is 1. The number of hydrogen-bond acceptors (Lipinski definition) is 6. The van der Waals surface area contributed by atoms with Crippen LogP contribution >= 0.6 is 0 Å². The predicted octanol–water partition coefficient (Wildman–Crippen LogP) is 1.21. The van der Waals surface area contributed by atoms with E-state index in [1.807, 2.05) is 6.92 Å². The number of methoxy groups -OCH3 is 1. The first-order chi connectivity index (χ1) is 11.8. The van der Waals surface area contributed by atoms with E-state index < -0.39 is 15.8 Å². The average molecular weight is 365 g/mol. The molecule has 0 saturated heterocycles. The van der Waals surface area contributed by atoms with E-state index in [4.69, 9.17) is 9.84 Å². The Morgan fingerprint density at radius 1 is 1.20 bits per heavy atom. The van der Waals surface area contributed by atoms with Gasteiger partial charge in [0.25, 0.3) is 0 Å². The average Bonchev–Trinajstić information content (AvgIpc) is 2.59. The van der Waals surface area contributed by atoms with Gasteiger partial charge in [-0.2, -0.15) is 0 Å². The van der Waals surface area contributed by atoms with Crippen LogP contribution in [0.25, 0.3) is 0 Å². The van der Waals surface area contributed by atoms with Crippen LogP contribution in [-0.2, 0) is 10.0 Å². The Kier molecular flexibility index (Phi) is 5.78. The zero-order valence-corrected chi connectivity index (χ0v) is 14.6. The number of nitrogens with one attached hydrogen (secondary N) is 1. The van der Waals surface area contributed by atoms with E-state index in [1.165, 1.54) is 7.11 Å². The molecule has 0 fully saturated rings. The van der Waals surface area contributed by atoms with Crippen LogP contribution in [0.2, 0.25) is 0 Å². The molecule has 2 aromatic carbocycles. The monoisotopic (exact) mass is 365 g/mol. The molecule has 0 amide bonds. The Labute approximate surface area is 145 Å². The van der Waals surface area contributed by atoms with Gasteiger partial charge in [-0.1, -0.05) is 29.8 Å². The molecule has 7 nitrogen and oxygen atoms in total. The highest BCUT2D eigenvalue weighted by Crippen LogP contribution is 2.32. The molecule has 25 heavy (non-hydrogen) atoms. The lowest BCUT2D eigenvalue weighted by molar-refractivity contribution is 0.103. The first kappa shape index (κ1) is 18.9. The summed E-state index contributed by atoms with van der Waals surface area (Å²) in [6.45, 7) is 1.30. The van der Waals surface area contributed by atoms with Crippen LogP contribution in [-0.4, -0.2) is 44.7 Å². The number of phenolic OH excluding ortho intramolecular Hbond substituents is 1.